The highest BCUT2D eigenvalue weighted by molar-refractivity contribution is 7.89. The molecule has 1 aliphatic heterocycles. The van der Waals surface area contributed by atoms with Gasteiger partial charge in [-0.3, -0.25) is 4.79 Å². The molecule has 9 nitrogen and oxygen atoms in total. The molecular weight excluding hydrogens is 464 g/mol. The highest BCUT2D eigenvalue weighted by Crippen LogP contribution is 2.35. The lowest BCUT2D eigenvalue weighted by molar-refractivity contribution is 0.102. The first-order chi connectivity index (χ1) is 15.9. The fourth-order valence-corrected chi connectivity index (χ4v) is 6.21. The van der Waals surface area contributed by atoms with Crippen molar-refractivity contribution in [3.05, 3.63) is 58.5 Å². The Morgan fingerprint density at radius 1 is 1.06 bits per heavy atom. The Hall–Kier alpha value is -3.02. The van der Waals surface area contributed by atoms with Crippen LogP contribution in [0.5, 0.6) is 11.5 Å². The van der Waals surface area contributed by atoms with Crippen LogP contribution in [0, 0.1) is 0 Å². The number of nitrogens with one attached hydrogen (secondary N) is 1. The molecule has 1 aromatic heterocycles. The van der Waals surface area contributed by atoms with Crippen LogP contribution in [0.4, 0.5) is 5.69 Å². The van der Waals surface area contributed by atoms with Gasteiger partial charge in [0, 0.05) is 30.8 Å². The number of aromatic nitrogens is 2. The molecule has 0 radical (unpaired) electrons. The first kappa shape index (κ1) is 23.1. The van der Waals surface area contributed by atoms with Crippen LogP contribution >= 0.6 is 11.3 Å². The van der Waals surface area contributed by atoms with E-state index in [1.165, 1.54) is 35.9 Å². The van der Waals surface area contributed by atoms with Crippen LogP contribution < -0.4 is 14.8 Å². The number of ether oxygens (including phenoxy) is 2. The summed E-state index contributed by atoms with van der Waals surface area (Å²) in [7, 11) is -0.829. The Labute approximate surface area is 196 Å². The predicted octanol–water partition coefficient (Wildman–Crippen LogP) is 3.38. The minimum absolute atomic E-state index is 0.0411. The minimum Gasteiger partial charge on any atom is -0.497 e. The molecule has 0 aliphatic carbocycles. The van der Waals surface area contributed by atoms with Crippen molar-refractivity contribution in [3.8, 4) is 11.5 Å². The van der Waals surface area contributed by atoms with Crippen LogP contribution in [-0.2, 0) is 10.0 Å². The third-order valence-corrected chi connectivity index (χ3v) is 8.46. The van der Waals surface area contributed by atoms with Gasteiger partial charge < -0.3 is 14.8 Å². The number of amides is 1. The van der Waals surface area contributed by atoms with E-state index in [4.69, 9.17) is 9.47 Å². The van der Waals surface area contributed by atoms with Gasteiger partial charge in [0.15, 0.2) is 0 Å². The van der Waals surface area contributed by atoms with Crippen molar-refractivity contribution in [1.82, 2.24) is 14.5 Å². The number of hydrogen-bond donors (Lipinski definition) is 1. The van der Waals surface area contributed by atoms with Gasteiger partial charge in [-0.25, -0.2) is 8.42 Å². The van der Waals surface area contributed by atoms with Crippen molar-refractivity contribution in [2.75, 3.05) is 32.6 Å². The number of nitrogens with zero attached hydrogens (tertiary/aromatic N) is 3. The normalized spacial score (nSPS) is 15.2. The number of carbonyl (C=O) groups is 1. The summed E-state index contributed by atoms with van der Waals surface area (Å²) in [6.45, 7) is 0.664. The number of methoxy groups -OCH3 is 2. The third kappa shape index (κ3) is 5.00. The summed E-state index contributed by atoms with van der Waals surface area (Å²) in [5.74, 6) is 0.449. The number of rotatable bonds is 7. The molecule has 1 amide bonds. The quantitative estimate of drug-likeness (QED) is 0.543. The molecule has 0 bridgehead atoms. The fraction of sp³-hybridized carbons (Fsp3) is 0.318. The van der Waals surface area contributed by atoms with Crippen molar-refractivity contribution >= 4 is 33.0 Å². The lowest BCUT2D eigenvalue weighted by Gasteiger charge is -2.30. The number of benzene rings is 2. The first-order valence-corrected chi connectivity index (χ1v) is 12.6. The number of sulfonamides is 1. The molecular formula is C22H24N4O5S2. The molecule has 1 saturated heterocycles. The van der Waals surface area contributed by atoms with E-state index in [-0.39, 0.29) is 27.5 Å². The number of hydrogen-bond acceptors (Lipinski definition) is 8. The van der Waals surface area contributed by atoms with E-state index >= 15 is 0 Å². The molecule has 0 unspecified atom stereocenters. The maximum atomic E-state index is 13.3. The number of carbonyl (C=O) groups excluding carboxylic acids is 1. The van der Waals surface area contributed by atoms with E-state index in [2.05, 4.69) is 15.5 Å². The Balaban J connectivity index is 1.43. The second kappa shape index (κ2) is 9.86. The summed E-state index contributed by atoms with van der Waals surface area (Å²) in [6.07, 6.45) is 1.17. The second-order valence-corrected chi connectivity index (χ2v) is 10.4. The molecule has 0 atom stereocenters. The van der Waals surface area contributed by atoms with Crippen LogP contribution in [0.25, 0.3) is 0 Å². The topological polar surface area (TPSA) is 111 Å². The molecule has 4 rings (SSSR count). The molecule has 2 aromatic carbocycles. The van der Waals surface area contributed by atoms with Gasteiger partial charge in [0.1, 0.15) is 21.4 Å². The highest BCUT2D eigenvalue weighted by Gasteiger charge is 2.33. The Morgan fingerprint density at radius 2 is 1.79 bits per heavy atom. The van der Waals surface area contributed by atoms with Gasteiger partial charge in [0.2, 0.25) is 15.0 Å². The molecule has 3 aromatic rings. The number of piperidine rings is 1. The molecule has 2 heterocycles. The lowest BCUT2D eigenvalue weighted by atomic mass is 9.99. The summed E-state index contributed by atoms with van der Waals surface area (Å²) in [5.41, 5.74) is 0.686. The Bertz CT molecular complexity index is 1220. The zero-order valence-electron chi connectivity index (χ0n) is 18.2. The summed E-state index contributed by atoms with van der Waals surface area (Å²) in [4.78, 5) is 12.5. The van der Waals surface area contributed by atoms with Crippen molar-refractivity contribution < 1.29 is 22.7 Å². The van der Waals surface area contributed by atoms with Crippen LogP contribution in [-0.4, -0.2) is 56.1 Å². The summed E-state index contributed by atoms with van der Waals surface area (Å²) >= 11 is 1.24. The SMILES string of the molecule is COc1ccc(OC)c(S(=O)(=O)N2CCC(c3nnc(C(=O)Nc4ccccc4)s3)CC2)c1. The van der Waals surface area contributed by atoms with Gasteiger partial charge in [0.05, 0.1) is 14.2 Å². The Kier molecular flexibility index (Phi) is 6.91. The van der Waals surface area contributed by atoms with Gasteiger partial charge in [-0.1, -0.05) is 29.5 Å². The molecule has 1 fully saturated rings. The molecule has 11 heteroatoms. The number of anilines is 1. The average Bonchev–Trinajstić information content (AvgIpc) is 3.35. The largest absolute Gasteiger partial charge is 0.497 e. The van der Waals surface area contributed by atoms with E-state index in [0.29, 0.717) is 37.4 Å². The van der Waals surface area contributed by atoms with Crippen LogP contribution in [0.15, 0.2) is 53.4 Å². The van der Waals surface area contributed by atoms with Gasteiger partial charge in [-0.05, 0) is 37.1 Å². The zero-order valence-corrected chi connectivity index (χ0v) is 19.9. The maximum Gasteiger partial charge on any atom is 0.286 e. The molecule has 174 valence electrons. The molecule has 0 spiro atoms. The van der Waals surface area contributed by atoms with Gasteiger partial charge in [0.25, 0.3) is 5.91 Å². The summed E-state index contributed by atoms with van der Waals surface area (Å²) in [5, 5.41) is 12.1. The molecule has 33 heavy (non-hydrogen) atoms. The van der Waals surface area contributed by atoms with Crippen LogP contribution in [0.1, 0.15) is 33.6 Å². The summed E-state index contributed by atoms with van der Waals surface area (Å²) in [6, 6.07) is 13.9. The molecule has 0 saturated carbocycles. The van der Waals surface area contributed by atoms with Crippen LogP contribution in [0.2, 0.25) is 0 Å². The van der Waals surface area contributed by atoms with E-state index in [1.807, 2.05) is 18.2 Å². The summed E-state index contributed by atoms with van der Waals surface area (Å²) < 4.78 is 38.4. The van der Waals surface area contributed by atoms with Gasteiger partial charge in [-0.15, -0.1) is 10.2 Å². The van der Waals surface area contributed by atoms with Crippen LogP contribution in [0.3, 0.4) is 0 Å². The molecule has 1 aliphatic rings. The highest BCUT2D eigenvalue weighted by atomic mass is 32.2. The fourth-order valence-electron chi connectivity index (χ4n) is 3.67. The van der Waals surface area contributed by atoms with Crippen molar-refractivity contribution in [1.29, 1.82) is 0 Å². The maximum absolute atomic E-state index is 13.3. The third-order valence-electron chi connectivity index (χ3n) is 5.46. The van der Waals surface area contributed by atoms with E-state index in [1.54, 1.807) is 24.3 Å². The van der Waals surface area contributed by atoms with E-state index in [9.17, 15) is 13.2 Å². The van der Waals surface area contributed by atoms with Crippen molar-refractivity contribution in [2.24, 2.45) is 0 Å². The molecule has 1 N–H and O–H groups in total. The second-order valence-electron chi connectivity index (χ2n) is 7.46. The smallest absolute Gasteiger partial charge is 0.286 e. The van der Waals surface area contributed by atoms with Gasteiger partial charge >= 0.3 is 0 Å². The minimum atomic E-state index is -3.75. The standard InChI is InChI=1S/C22H24N4O5S2/c1-30-17-8-9-18(31-2)19(14-17)33(28,29)26-12-10-15(11-13-26)21-24-25-22(32-21)20(27)23-16-6-4-3-5-7-16/h3-9,14-15H,10-13H2,1-2H3,(H,23,27). The van der Waals surface area contributed by atoms with Gasteiger partial charge in [-0.2, -0.15) is 4.31 Å². The monoisotopic (exact) mass is 488 g/mol. The zero-order chi connectivity index (χ0) is 23.4. The van der Waals surface area contributed by atoms with Crippen molar-refractivity contribution in [3.63, 3.8) is 0 Å². The van der Waals surface area contributed by atoms with E-state index in [0.717, 1.165) is 5.01 Å². The van der Waals surface area contributed by atoms with Crippen molar-refractivity contribution in [2.45, 2.75) is 23.7 Å². The van der Waals surface area contributed by atoms with E-state index < -0.39 is 10.0 Å². The first-order valence-electron chi connectivity index (χ1n) is 10.3. The predicted molar refractivity (Wildman–Crippen MR) is 125 cm³/mol. The lowest BCUT2D eigenvalue weighted by Crippen LogP contribution is -2.38. The Morgan fingerprint density at radius 3 is 2.45 bits per heavy atom. The number of para-hydroxylation sites is 1. The average molecular weight is 489 g/mol.